The second-order valence-electron chi connectivity index (χ2n) is 6.16. The number of aromatic nitrogens is 2. The monoisotopic (exact) mass is 333 g/mol. The molecular formula is C21H23N3O. The predicted molar refractivity (Wildman–Crippen MR) is 101 cm³/mol. The second-order valence-corrected chi connectivity index (χ2v) is 6.16. The summed E-state index contributed by atoms with van der Waals surface area (Å²) < 4.78 is 1.92. The number of rotatable bonds is 7. The van der Waals surface area contributed by atoms with Crippen molar-refractivity contribution in [2.75, 3.05) is 5.32 Å². The van der Waals surface area contributed by atoms with E-state index < -0.39 is 0 Å². The van der Waals surface area contributed by atoms with Crippen LogP contribution in [0.3, 0.4) is 0 Å². The van der Waals surface area contributed by atoms with Gasteiger partial charge in [0.2, 0.25) is 5.91 Å². The first-order valence-corrected chi connectivity index (χ1v) is 8.70. The molecule has 1 heterocycles. The summed E-state index contributed by atoms with van der Waals surface area (Å²) in [6.07, 6.45) is 9.26. The largest absolute Gasteiger partial charge is 0.326 e. The fraction of sp³-hybridized carbons (Fsp3) is 0.238. The van der Waals surface area contributed by atoms with Crippen molar-refractivity contribution in [3.63, 3.8) is 0 Å². The SMILES string of the molecule is CCCCc1ccc(CC(=O)Nc2ccc(-n3ccnc3)cc2)cc1. The smallest absolute Gasteiger partial charge is 0.228 e. The minimum atomic E-state index is -0.00307. The average molecular weight is 333 g/mol. The molecule has 25 heavy (non-hydrogen) atoms. The van der Waals surface area contributed by atoms with E-state index >= 15 is 0 Å². The number of anilines is 1. The van der Waals surface area contributed by atoms with Crippen molar-refractivity contribution in [3.05, 3.63) is 78.4 Å². The van der Waals surface area contributed by atoms with Gasteiger partial charge in [0.1, 0.15) is 0 Å². The molecule has 128 valence electrons. The highest BCUT2D eigenvalue weighted by Crippen LogP contribution is 2.14. The van der Waals surface area contributed by atoms with Crippen LogP contribution in [0.2, 0.25) is 0 Å². The zero-order valence-electron chi connectivity index (χ0n) is 14.5. The number of nitrogens with one attached hydrogen (secondary N) is 1. The molecule has 3 aromatic rings. The van der Waals surface area contributed by atoms with E-state index in [1.165, 1.54) is 18.4 Å². The van der Waals surface area contributed by atoms with E-state index in [1.54, 1.807) is 12.5 Å². The third-order valence-electron chi connectivity index (χ3n) is 4.16. The maximum atomic E-state index is 12.2. The van der Waals surface area contributed by atoms with Crippen molar-refractivity contribution in [2.24, 2.45) is 0 Å². The highest BCUT2D eigenvalue weighted by molar-refractivity contribution is 5.92. The number of benzene rings is 2. The lowest BCUT2D eigenvalue weighted by atomic mass is 10.0. The van der Waals surface area contributed by atoms with Gasteiger partial charge in [-0.15, -0.1) is 0 Å². The summed E-state index contributed by atoms with van der Waals surface area (Å²) in [5, 5.41) is 2.95. The van der Waals surface area contributed by atoms with Gasteiger partial charge in [-0.3, -0.25) is 4.79 Å². The van der Waals surface area contributed by atoms with Gasteiger partial charge in [-0.05, 0) is 48.2 Å². The summed E-state index contributed by atoms with van der Waals surface area (Å²) in [6.45, 7) is 2.20. The summed E-state index contributed by atoms with van der Waals surface area (Å²) in [4.78, 5) is 16.3. The second kappa shape index (κ2) is 8.29. The van der Waals surface area contributed by atoms with Crippen LogP contribution in [-0.4, -0.2) is 15.5 Å². The number of imidazole rings is 1. The average Bonchev–Trinajstić information content (AvgIpc) is 3.16. The van der Waals surface area contributed by atoms with Crippen LogP contribution < -0.4 is 5.32 Å². The molecule has 3 rings (SSSR count). The molecule has 4 heteroatoms. The zero-order chi connectivity index (χ0) is 17.5. The first-order valence-electron chi connectivity index (χ1n) is 8.70. The molecule has 0 aliphatic carbocycles. The Morgan fingerprint density at radius 3 is 2.40 bits per heavy atom. The Hall–Kier alpha value is -2.88. The Balaban J connectivity index is 1.55. The summed E-state index contributed by atoms with van der Waals surface area (Å²) in [5.41, 5.74) is 4.18. The van der Waals surface area contributed by atoms with Crippen molar-refractivity contribution >= 4 is 11.6 Å². The molecular weight excluding hydrogens is 310 g/mol. The Morgan fingerprint density at radius 1 is 1.04 bits per heavy atom. The van der Waals surface area contributed by atoms with Crippen molar-refractivity contribution in [2.45, 2.75) is 32.6 Å². The summed E-state index contributed by atoms with van der Waals surface area (Å²) in [7, 11) is 0. The van der Waals surface area contributed by atoms with Crippen LogP contribution in [0.15, 0.2) is 67.3 Å². The van der Waals surface area contributed by atoms with Gasteiger partial charge in [0.25, 0.3) is 0 Å². The van der Waals surface area contributed by atoms with Gasteiger partial charge in [0, 0.05) is 23.8 Å². The molecule has 0 spiro atoms. The van der Waals surface area contributed by atoms with Crippen molar-refractivity contribution in [1.29, 1.82) is 0 Å². The normalized spacial score (nSPS) is 10.6. The summed E-state index contributed by atoms with van der Waals surface area (Å²) in [5.74, 6) is -0.00307. The number of carbonyl (C=O) groups is 1. The van der Waals surface area contributed by atoms with E-state index in [4.69, 9.17) is 0 Å². The zero-order valence-corrected chi connectivity index (χ0v) is 14.5. The number of nitrogens with zero attached hydrogens (tertiary/aromatic N) is 2. The number of hydrogen-bond donors (Lipinski definition) is 1. The minimum absolute atomic E-state index is 0.00307. The lowest BCUT2D eigenvalue weighted by molar-refractivity contribution is -0.115. The molecule has 0 aliphatic heterocycles. The fourth-order valence-electron chi connectivity index (χ4n) is 2.72. The van der Waals surface area contributed by atoms with Crippen molar-refractivity contribution in [3.8, 4) is 5.69 Å². The molecule has 0 aliphatic rings. The summed E-state index contributed by atoms with van der Waals surface area (Å²) in [6, 6.07) is 16.1. The molecule has 0 bridgehead atoms. The van der Waals surface area contributed by atoms with Gasteiger partial charge in [0.15, 0.2) is 0 Å². The van der Waals surface area contributed by atoms with Crippen LogP contribution in [0.4, 0.5) is 5.69 Å². The van der Waals surface area contributed by atoms with Crippen LogP contribution >= 0.6 is 0 Å². The lowest BCUT2D eigenvalue weighted by Gasteiger charge is -2.08. The minimum Gasteiger partial charge on any atom is -0.326 e. The van der Waals surface area contributed by atoms with Crippen LogP contribution in [0.25, 0.3) is 5.69 Å². The standard InChI is InChI=1S/C21H23N3O/c1-2-3-4-17-5-7-18(8-6-17)15-21(25)23-19-9-11-20(12-10-19)24-14-13-22-16-24/h5-14,16H,2-4,15H2,1H3,(H,23,25). The topological polar surface area (TPSA) is 46.9 Å². The van der Waals surface area contributed by atoms with E-state index in [9.17, 15) is 4.79 Å². The van der Waals surface area contributed by atoms with Crippen LogP contribution in [0.1, 0.15) is 30.9 Å². The van der Waals surface area contributed by atoms with E-state index in [0.29, 0.717) is 6.42 Å². The molecule has 1 amide bonds. The molecule has 4 nitrogen and oxygen atoms in total. The quantitative estimate of drug-likeness (QED) is 0.697. The highest BCUT2D eigenvalue weighted by atomic mass is 16.1. The highest BCUT2D eigenvalue weighted by Gasteiger charge is 2.05. The number of unbranched alkanes of at least 4 members (excludes halogenated alkanes) is 1. The number of aryl methyl sites for hydroxylation is 1. The molecule has 1 N–H and O–H groups in total. The van der Waals surface area contributed by atoms with Gasteiger partial charge in [0.05, 0.1) is 12.7 Å². The lowest BCUT2D eigenvalue weighted by Crippen LogP contribution is -2.14. The van der Waals surface area contributed by atoms with E-state index in [-0.39, 0.29) is 5.91 Å². The Kier molecular flexibility index (Phi) is 5.62. The van der Waals surface area contributed by atoms with Gasteiger partial charge >= 0.3 is 0 Å². The molecule has 2 aromatic carbocycles. The molecule has 0 radical (unpaired) electrons. The van der Waals surface area contributed by atoms with Crippen LogP contribution in [-0.2, 0) is 17.6 Å². The first-order chi connectivity index (χ1) is 12.2. The molecule has 0 fully saturated rings. The predicted octanol–water partition coefficient (Wildman–Crippen LogP) is 4.40. The third-order valence-corrected chi connectivity index (χ3v) is 4.16. The maximum absolute atomic E-state index is 12.2. The van der Waals surface area contributed by atoms with E-state index in [1.807, 2.05) is 47.2 Å². The molecule has 1 aromatic heterocycles. The number of amides is 1. The van der Waals surface area contributed by atoms with Gasteiger partial charge in [-0.25, -0.2) is 4.98 Å². The van der Waals surface area contributed by atoms with Crippen molar-refractivity contribution < 1.29 is 4.79 Å². The molecule has 0 saturated heterocycles. The maximum Gasteiger partial charge on any atom is 0.228 e. The summed E-state index contributed by atoms with van der Waals surface area (Å²) >= 11 is 0. The van der Waals surface area contributed by atoms with E-state index in [2.05, 4.69) is 29.4 Å². The first kappa shape index (κ1) is 17.0. The van der Waals surface area contributed by atoms with Crippen LogP contribution in [0, 0.1) is 0 Å². The van der Waals surface area contributed by atoms with Gasteiger partial charge < -0.3 is 9.88 Å². The van der Waals surface area contributed by atoms with Gasteiger partial charge in [-0.2, -0.15) is 0 Å². The molecule has 0 saturated carbocycles. The molecule has 0 unspecified atom stereocenters. The third kappa shape index (κ3) is 4.80. The molecule has 0 atom stereocenters. The Morgan fingerprint density at radius 2 is 1.76 bits per heavy atom. The number of hydrogen-bond acceptors (Lipinski definition) is 2. The van der Waals surface area contributed by atoms with E-state index in [0.717, 1.165) is 23.4 Å². The van der Waals surface area contributed by atoms with Crippen LogP contribution in [0.5, 0.6) is 0 Å². The fourth-order valence-corrected chi connectivity index (χ4v) is 2.72. The van der Waals surface area contributed by atoms with Gasteiger partial charge in [-0.1, -0.05) is 37.6 Å². The number of carbonyl (C=O) groups excluding carboxylic acids is 1. The van der Waals surface area contributed by atoms with Crippen molar-refractivity contribution in [1.82, 2.24) is 9.55 Å². The Bertz CT molecular complexity index is 790. The Labute approximate surface area is 148 Å².